The molecule has 3 N–H and O–H groups in total. The minimum absolute atomic E-state index is 0. The van der Waals surface area contributed by atoms with E-state index in [9.17, 15) is 4.79 Å². The van der Waals surface area contributed by atoms with E-state index in [1.165, 1.54) is 0 Å². The highest BCUT2D eigenvalue weighted by Gasteiger charge is 2.16. The van der Waals surface area contributed by atoms with E-state index in [0.29, 0.717) is 0 Å². The van der Waals surface area contributed by atoms with Crippen molar-refractivity contribution in [2.45, 2.75) is 13.0 Å². The Morgan fingerprint density at radius 1 is 1.39 bits per heavy atom. The molecule has 1 aliphatic heterocycles. The van der Waals surface area contributed by atoms with Gasteiger partial charge in [0, 0.05) is 37.1 Å². The number of nitrogens with zero attached hydrogens (tertiary/aromatic N) is 2. The molecule has 1 saturated heterocycles. The van der Waals surface area contributed by atoms with Crippen molar-refractivity contribution in [2.24, 2.45) is 0 Å². The minimum atomic E-state index is -0.192. The second-order valence-corrected chi connectivity index (χ2v) is 5.35. The Kier molecular flexibility index (Phi) is 5.85. The highest BCUT2D eigenvalue weighted by molar-refractivity contribution is 5.85. The molecule has 1 unspecified atom stereocenters. The van der Waals surface area contributed by atoms with Crippen LogP contribution in [0.15, 0.2) is 24.4 Å². The van der Waals surface area contributed by atoms with Crippen molar-refractivity contribution in [1.82, 2.24) is 25.7 Å². The van der Waals surface area contributed by atoms with Crippen LogP contribution in [0.25, 0.3) is 10.9 Å². The summed E-state index contributed by atoms with van der Waals surface area (Å²) in [5, 5.41) is 14.1. The van der Waals surface area contributed by atoms with Gasteiger partial charge in [0.25, 0.3) is 0 Å². The molecule has 3 rings (SSSR count). The third kappa shape index (κ3) is 4.38. The summed E-state index contributed by atoms with van der Waals surface area (Å²) >= 11 is 0. The second kappa shape index (κ2) is 7.86. The molecule has 1 aliphatic rings. The van der Waals surface area contributed by atoms with E-state index in [1.807, 2.05) is 30.0 Å². The van der Waals surface area contributed by atoms with Gasteiger partial charge in [0.15, 0.2) is 0 Å². The lowest BCUT2D eigenvalue weighted by Gasteiger charge is -2.28. The van der Waals surface area contributed by atoms with E-state index < -0.39 is 0 Å². The maximum atomic E-state index is 12.1. The molecule has 2 amide bonds. The molecule has 0 aliphatic carbocycles. The van der Waals surface area contributed by atoms with Gasteiger partial charge in [-0.2, -0.15) is 5.10 Å². The zero-order valence-corrected chi connectivity index (χ0v) is 13.7. The molecule has 6 nitrogen and oxygen atoms in total. The number of hydrogen-bond donors (Lipinski definition) is 3. The van der Waals surface area contributed by atoms with Gasteiger partial charge in [-0.1, -0.05) is 11.8 Å². The number of H-pyrrole nitrogens is 1. The first kappa shape index (κ1) is 17.1. The number of piperazine rings is 1. The van der Waals surface area contributed by atoms with Crippen LogP contribution < -0.4 is 10.6 Å². The molecule has 1 aromatic heterocycles. The summed E-state index contributed by atoms with van der Waals surface area (Å²) in [6.45, 7) is 5.06. The quantitative estimate of drug-likeness (QED) is 0.690. The van der Waals surface area contributed by atoms with E-state index >= 15 is 0 Å². The maximum absolute atomic E-state index is 12.1. The van der Waals surface area contributed by atoms with Crippen molar-refractivity contribution in [3.8, 4) is 11.8 Å². The number of carbonyl (C=O) groups is 1. The number of hydrogen-bond acceptors (Lipinski definition) is 3. The van der Waals surface area contributed by atoms with Crippen LogP contribution in [0.2, 0.25) is 0 Å². The number of nitrogens with one attached hydrogen (secondary N) is 3. The normalized spacial score (nSPS) is 15.3. The molecule has 2 aromatic rings. The second-order valence-electron chi connectivity index (χ2n) is 5.35. The Bertz CT molecular complexity index is 727. The highest BCUT2D eigenvalue weighted by Crippen LogP contribution is 2.11. The molecule has 23 heavy (non-hydrogen) atoms. The molecular formula is C16H20ClN5O. The Morgan fingerprint density at radius 2 is 2.17 bits per heavy atom. The molecule has 122 valence electrons. The SMILES string of the molecule is CC(C#Cc1ccc2[nH]ncc2c1)NC(=O)N1CCNCC1.Cl. The highest BCUT2D eigenvalue weighted by atomic mass is 35.5. The van der Waals surface area contributed by atoms with Gasteiger partial charge in [-0.05, 0) is 25.1 Å². The number of carbonyl (C=O) groups excluding carboxylic acids is 1. The predicted octanol–water partition coefficient (Wildman–Crippen LogP) is 1.34. The van der Waals surface area contributed by atoms with E-state index in [0.717, 1.165) is 42.6 Å². The zero-order valence-electron chi connectivity index (χ0n) is 12.9. The summed E-state index contributed by atoms with van der Waals surface area (Å²) in [5.41, 5.74) is 1.91. The summed E-state index contributed by atoms with van der Waals surface area (Å²) in [6.07, 6.45) is 1.77. The summed E-state index contributed by atoms with van der Waals surface area (Å²) in [5.74, 6) is 6.17. The first-order valence-corrected chi connectivity index (χ1v) is 7.43. The number of amides is 2. The maximum Gasteiger partial charge on any atom is 0.318 e. The van der Waals surface area contributed by atoms with E-state index in [2.05, 4.69) is 32.7 Å². The fourth-order valence-corrected chi connectivity index (χ4v) is 2.39. The van der Waals surface area contributed by atoms with Crippen LogP contribution >= 0.6 is 12.4 Å². The van der Waals surface area contributed by atoms with Gasteiger partial charge in [-0.3, -0.25) is 5.10 Å². The van der Waals surface area contributed by atoms with Gasteiger partial charge in [0.2, 0.25) is 0 Å². The molecular weight excluding hydrogens is 314 g/mol. The number of aromatic nitrogens is 2. The molecule has 0 radical (unpaired) electrons. The Morgan fingerprint density at radius 3 is 2.96 bits per heavy atom. The molecule has 1 fully saturated rings. The lowest BCUT2D eigenvalue weighted by atomic mass is 10.1. The third-order valence-electron chi connectivity index (χ3n) is 3.62. The van der Waals surface area contributed by atoms with Gasteiger partial charge in [0.05, 0.1) is 17.8 Å². The van der Waals surface area contributed by atoms with Crippen LogP contribution in [0.3, 0.4) is 0 Å². The average Bonchev–Trinajstić information content (AvgIpc) is 3.01. The number of benzene rings is 1. The predicted molar refractivity (Wildman–Crippen MR) is 92.7 cm³/mol. The Hall–Kier alpha value is -2.23. The topological polar surface area (TPSA) is 73.0 Å². The summed E-state index contributed by atoms with van der Waals surface area (Å²) in [4.78, 5) is 13.9. The van der Waals surface area contributed by atoms with Crippen LogP contribution in [0.5, 0.6) is 0 Å². The zero-order chi connectivity index (χ0) is 15.4. The fourth-order valence-electron chi connectivity index (χ4n) is 2.39. The van der Waals surface area contributed by atoms with Crippen molar-refractivity contribution in [3.63, 3.8) is 0 Å². The molecule has 1 aromatic carbocycles. The van der Waals surface area contributed by atoms with Gasteiger partial charge in [-0.15, -0.1) is 12.4 Å². The van der Waals surface area contributed by atoms with E-state index in [-0.39, 0.29) is 24.5 Å². The standard InChI is InChI=1S/C16H19N5O.ClH/c1-12(19-16(22)21-8-6-17-7-9-21)2-3-13-4-5-15-14(10-13)11-18-20-15;/h4-5,10-12,17H,6-9H2,1H3,(H,18,20)(H,19,22);1H. The van der Waals surface area contributed by atoms with Crippen LogP contribution in [0.1, 0.15) is 12.5 Å². The number of halogens is 1. The van der Waals surface area contributed by atoms with Crippen LogP contribution in [0, 0.1) is 11.8 Å². The number of rotatable bonds is 1. The third-order valence-corrected chi connectivity index (χ3v) is 3.62. The summed E-state index contributed by atoms with van der Waals surface area (Å²) in [7, 11) is 0. The van der Waals surface area contributed by atoms with Gasteiger partial charge in [0.1, 0.15) is 0 Å². The van der Waals surface area contributed by atoms with Gasteiger partial charge >= 0.3 is 6.03 Å². The van der Waals surface area contributed by atoms with E-state index in [4.69, 9.17) is 0 Å². The van der Waals surface area contributed by atoms with Crippen LogP contribution in [-0.2, 0) is 0 Å². The van der Waals surface area contributed by atoms with Crippen LogP contribution in [-0.4, -0.2) is 53.3 Å². The molecule has 7 heteroatoms. The summed E-state index contributed by atoms with van der Waals surface area (Å²) < 4.78 is 0. The molecule has 0 saturated carbocycles. The Balaban J connectivity index is 0.00000192. The smallest absolute Gasteiger partial charge is 0.318 e. The Labute approximate surface area is 141 Å². The van der Waals surface area contributed by atoms with Crippen molar-refractivity contribution >= 4 is 29.3 Å². The van der Waals surface area contributed by atoms with E-state index in [1.54, 1.807) is 6.20 Å². The lowest BCUT2D eigenvalue weighted by molar-refractivity contribution is 0.189. The average molecular weight is 334 g/mol. The first-order valence-electron chi connectivity index (χ1n) is 7.43. The minimum Gasteiger partial charge on any atom is -0.325 e. The van der Waals surface area contributed by atoms with Gasteiger partial charge < -0.3 is 15.5 Å². The molecule has 0 bridgehead atoms. The summed E-state index contributed by atoms with van der Waals surface area (Å²) in [6, 6.07) is 5.64. The van der Waals surface area contributed by atoms with Crippen molar-refractivity contribution < 1.29 is 4.79 Å². The number of urea groups is 1. The fraction of sp³-hybridized carbons (Fsp3) is 0.375. The van der Waals surface area contributed by atoms with Crippen molar-refractivity contribution in [3.05, 3.63) is 30.0 Å². The number of aromatic amines is 1. The first-order chi connectivity index (χ1) is 10.7. The molecule has 0 spiro atoms. The largest absolute Gasteiger partial charge is 0.325 e. The lowest BCUT2D eigenvalue weighted by Crippen LogP contribution is -2.51. The molecule has 1 atom stereocenters. The van der Waals surface area contributed by atoms with Crippen LogP contribution in [0.4, 0.5) is 4.79 Å². The monoisotopic (exact) mass is 333 g/mol. The van der Waals surface area contributed by atoms with Gasteiger partial charge in [-0.25, -0.2) is 4.79 Å². The van der Waals surface area contributed by atoms with Crippen molar-refractivity contribution in [1.29, 1.82) is 0 Å². The molecule has 2 heterocycles. The number of fused-ring (bicyclic) bond motifs is 1. The van der Waals surface area contributed by atoms with Crippen molar-refractivity contribution in [2.75, 3.05) is 26.2 Å².